The van der Waals surface area contributed by atoms with Gasteiger partial charge in [-0.15, -0.1) is 0 Å². The van der Waals surface area contributed by atoms with Crippen molar-refractivity contribution in [2.75, 3.05) is 11.9 Å². The standard InChI is InChI=1S/C20H23BrN2O3/c1-11(10-24)22-18(25)16-14-6-7-15(20(14)8-9-20)17(16)19(26)23-13-4-2-12(21)3-5-13/h2-7,11,14-17,24H,8-10H2,1H3,(H,22,25)(H,23,26)/t11?,14-,15+,16-,17-/m1/s1. The van der Waals surface area contributed by atoms with Crippen molar-refractivity contribution in [3.05, 3.63) is 40.9 Å². The molecular weight excluding hydrogens is 396 g/mol. The molecule has 3 N–H and O–H groups in total. The largest absolute Gasteiger partial charge is 0.394 e. The lowest BCUT2D eigenvalue weighted by molar-refractivity contribution is -0.133. The summed E-state index contributed by atoms with van der Waals surface area (Å²) in [7, 11) is 0. The van der Waals surface area contributed by atoms with Gasteiger partial charge in [0.1, 0.15) is 0 Å². The van der Waals surface area contributed by atoms with Crippen LogP contribution in [0.4, 0.5) is 5.69 Å². The molecule has 3 aliphatic carbocycles. The summed E-state index contributed by atoms with van der Waals surface area (Å²) in [6.45, 7) is 1.66. The SMILES string of the molecule is CC(CO)NC(=O)[C@H]1[C@H](C(=O)Nc2ccc(Br)cc2)[C@@H]2C=C[C@H]1C21CC1. The first kappa shape index (κ1) is 17.7. The number of hydrogen-bond donors (Lipinski definition) is 3. The van der Waals surface area contributed by atoms with E-state index in [0.29, 0.717) is 0 Å². The lowest BCUT2D eigenvalue weighted by Gasteiger charge is -2.27. The van der Waals surface area contributed by atoms with Gasteiger partial charge in [-0.2, -0.15) is 0 Å². The average Bonchev–Trinajstić information content (AvgIpc) is 3.29. The van der Waals surface area contributed by atoms with Gasteiger partial charge in [-0.3, -0.25) is 9.59 Å². The second kappa shape index (κ2) is 6.50. The topological polar surface area (TPSA) is 78.4 Å². The predicted molar refractivity (Wildman–Crippen MR) is 102 cm³/mol. The van der Waals surface area contributed by atoms with E-state index in [-0.39, 0.29) is 53.5 Å². The van der Waals surface area contributed by atoms with E-state index in [9.17, 15) is 14.7 Å². The molecule has 0 aromatic heterocycles. The molecule has 0 heterocycles. The van der Waals surface area contributed by atoms with Crippen LogP contribution in [0.3, 0.4) is 0 Å². The number of carbonyl (C=O) groups excluding carboxylic acids is 2. The van der Waals surface area contributed by atoms with Crippen molar-refractivity contribution in [2.45, 2.75) is 25.8 Å². The summed E-state index contributed by atoms with van der Waals surface area (Å²) in [6.07, 6.45) is 6.44. The highest BCUT2D eigenvalue weighted by atomic mass is 79.9. The summed E-state index contributed by atoms with van der Waals surface area (Å²) in [4.78, 5) is 26.0. The zero-order valence-electron chi connectivity index (χ0n) is 14.6. The molecule has 138 valence electrons. The molecule has 5 atom stereocenters. The number of amides is 2. The van der Waals surface area contributed by atoms with Crippen LogP contribution in [0, 0.1) is 29.1 Å². The smallest absolute Gasteiger partial charge is 0.228 e. The van der Waals surface area contributed by atoms with E-state index in [2.05, 4.69) is 38.7 Å². The Balaban J connectivity index is 1.57. The monoisotopic (exact) mass is 418 g/mol. The molecule has 0 radical (unpaired) electrons. The number of hydrogen-bond acceptors (Lipinski definition) is 3. The van der Waals surface area contributed by atoms with Crippen molar-refractivity contribution in [1.82, 2.24) is 5.32 Å². The third-order valence-electron chi connectivity index (χ3n) is 6.22. The Labute approximate surface area is 161 Å². The molecule has 5 nitrogen and oxygen atoms in total. The Morgan fingerprint density at radius 2 is 1.73 bits per heavy atom. The number of benzene rings is 1. The molecule has 1 spiro atoms. The first-order chi connectivity index (χ1) is 12.5. The third-order valence-corrected chi connectivity index (χ3v) is 6.75. The Hall–Kier alpha value is -1.66. The summed E-state index contributed by atoms with van der Waals surface area (Å²) in [5, 5.41) is 15.1. The number of halogens is 1. The Bertz CT molecular complexity index is 757. The van der Waals surface area contributed by atoms with Crippen LogP contribution in [0.2, 0.25) is 0 Å². The molecule has 2 bridgehead atoms. The van der Waals surface area contributed by atoms with Gasteiger partial charge in [0.15, 0.2) is 0 Å². The van der Waals surface area contributed by atoms with E-state index in [1.807, 2.05) is 24.3 Å². The first-order valence-corrected chi connectivity index (χ1v) is 9.91. The van der Waals surface area contributed by atoms with Gasteiger partial charge in [0, 0.05) is 16.2 Å². The highest BCUT2D eigenvalue weighted by molar-refractivity contribution is 9.10. The molecule has 1 aromatic carbocycles. The van der Waals surface area contributed by atoms with Crippen molar-refractivity contribution < 1.29 is 14.7 Å². The van der Waals surface area contributed by atoms with E-state index in [1.165, 1.54) is 0 Å². The number of anilines is 1. The van der Waals surface area contributed by atoms with Crippen molar-refractivity contribution in [1.29, 1.82) is 0 Å². The molecule has 1 aromatic rings. The normalized spacial score (nSPS) is 31.0. The summed E-state index contributed by atoms with van der Waals surface area (Å²) < 4.78 is 0.950. The number of rotatable bonds is 5. The first-order valence-electron chi connectivity index (χ1n) is 9.12. The van der Waals surface area contributed by atoms with Gasteiger partial charge < -0.3 is 15.7 Å². The van der Waals surface area contributed by atoms with Gasteiger partial charge in [-0.25, -0.2) is 0 Å². The zero-order valence-corrected chi connectivity index (χ0v) is 16.2. The van der Waals surface area contributed by atoms with Gasteiger partial charge in [0.05, 0.1) is 18.4 Å². The molecule has 2 saturated carbocycles. The molecule has 4 rings (SSSR count). The number of allylic oxidation sites excluding steroid dienone is 2. The highest BCUT2D eigenvalue weighted by Gasteiger charge is 2.69. The summed E-state index contributed by atoms with van der Waals surface area (Å²) >= 11 is 3.39. The predicted octanol–water partition coefficient (Wildman–Crippen LogP) is 2.71. The van der Waals surface area contributed by atoms with E-state index in [4.69, 9.17) is 0 Å². The maximum absolute atomic E-state index is 13.1. The summed E-state index contributed by atoms with van der Waals surface area (Å²) in [5.41, 5.74) is 0.837. The van der Waals surface area contributed by atoms with Gasteiger partial charge in [0.25, 0.3) is 0 Å². The molecule has 26 heavy (non-hydrogen) atoms. The lowest BCUT2D eigenvalue weighted by Crippen LogP contribution is -2.45. The number of aliphatic hydroxyl groups is 1. The van der Waals surface area contributed by atoms with Gasteiger partial charge in [-0.05, 0) is 61.3 Å². The van der Waals surface area contributed by atoms with Crippen molar-refractivity contribution in [2.24, 2.45) is 29.1 Å². The van der Waals surface area contributed by atoms with Crippen LogP contribution >= 0.6 is 15.9 Å². The molecule has 3 aliphatic rings. The van der Waals surface area contributed by atoms with Crippen LogP contribution in [0.5, 0.6) is 0 Å². The van der Waals surface area contributed by atoms with Crippen molar-refractivity contribution in [3.63, 3.8) is 0 Å². The molecule has 6 heteroatoms. The van der Waals surface area contributed by atoms with E-state index < -0.39 is 0 Å². The van der Waals surface area contributed by atoms with Crippen LogP contribution in [-0.4, -0.2) is 29.6 Å². The minimum absolute atomic E-state index is 0.0905. The quantitative estimate of drug-likeness (QED) is 0.643. The van der Waals surface area contributed by atoms with Crippen LogP contribution in [-0.2, 0) is 9.59 Å². The number of nitrogens with one attached hydrogen (secondary N) is 2. The Morgan fingerprint density at radius 1 is 1.15 bits per heavy atom. The van der Waals surface area contributed by atoms with Crippen LogP contribution in [0.25, 0.3) is 0 Å². The van der Waals surface area contributed by atoms with Crippen LogP contribution in [0.1, 0.15) is 19.8 Å². The molecular formula is C20H23BrN2O3. The molecule has 0 saturated heterocycles. The summed E-state index contributed by atoms with van der Waals surface area (Å²) in [5.74, 6) is -0.681. The molecule has 1 unspecified atom stereocenters. The highest BCUT2D eigenvalue weighted by Crippen LogP contribution is 2.72. The second-order valence-electron chi connectivity index (χ2n) is 7.81. The minimum Gasteiger partial charge on any atom is -0.394 e. The second-order valence-corrected chi connectivity index (χ2v) is 8.73. The van der Waals surface area contributed by atoms with Gasteiger partial charge >= 0.3 is 0 Å². The van der Waals surface area contributed by atoms with E-state index in [0.717, 1.165) is 23.0 Å². The van der Waals surface area contributed by atoms with Crippen molar-refractivity contribution in [3.8, 4) is 0 Å². The molecule has 0 aliphatic heterocycles. The zero-order chi connectivity index (χ0) is 18.5. The van der Waals surface area contributed by atoms with Crippen molar-refractivity contribution >= 4 is 33.4 Å². The third kappa shape index (κ3) is 2.79. The minimum atomic E-state index is -0.364. The molecule has 2 amide bonds. The van der Waals surface area contributed by atoms with Crippen LogP contribution in [0.15, 0.2) is 40.9 Å². The fourth-order valence-electron chi connectivity index (χ4n) is 4.85. The maximum atomic E-state index is 13.1. The fourth-order valence-corrected chi connectivity index (χ4v) is 5.12. The van der Waals surface area contributed by atoms with E-state index >= 15 is 0 Å². The Morgan fingerprint density at radius 3 is 2.27 bits per heavy atom. The lowest BCUT2D eigenvalue weighted by atomic mass is 9.81. The Kier molecular flexibility index (Phi) is 4.43. The average molecular weight is 419 g/mol. The summed E-state index contributed by atoms with van der Waals surface area (Å²) in [6, 6.07) is 7.15. The maximum Gasteiger partial charge on any atom is 0.228 e. The van der Waals surface area contributed by atoms with Crippen LogP contribution < -0.4 is 10.6 Å². The number of carbonyl (C=O) groups is 2. The fraction of sp³-hybridized carbons (Fsp3) is 0.500. The van der Waals surface area contributed by atoms with E-state index in [1.54, 1.807) is 6.92 Å². The number of aliphatic hydroxyl groups excluding tert-OH is 1. The van der Waals surface area contributed by atoms with Gasteiger partial charge in [0.2, 0.25) is 11.8 Å². The molecule has 2 fully saturated rings. The van der Waals surface area contributed by atoms with Gasteiger partial charge in [-0.1, -0.05) is 28.1 Å².